The number of likely N-dealkylation sites (N-methyl/N-ethyl adjacent to an activating group) is 1. The Balaban J connectivity index is 2.40. The van der Waals surface area contributed by atoms with Crippen molar-refractivity contribution in [3.05, 3.63) is 23.5 Å². The second-order valence-electron chi connectivity index (χ2n) is 18.8. The lowest BCUT2D eigenvalue weighted by Gasteiger charge is -2.26. The van der Waals surface area contributed by atoms with Gasteiger partial charge in [0.15, 0.2) is 0 Å². The number of nitrogens with one attached hydrogen (secondary N) is 2. The number of ketones is 1. The molecule has 7 heteroatoms. The van der Waals surface area contributed by atoms with Gasteiger partial charge in [0.1, 0.15) is 11.8 Å². The van der Waals surface area contributed by atoms with Crippen LogP contribution in [0.1, 0.15) is 259 Å². The molecule has 0 aliphatic heterocycles. The maximum absolute atomic E-state index is 12.9. The second-order valence-corrected chi connectivity index (χ2v) is 18.8. The Bertz CT molecular complexity index is 1080. The Hall–Kier alpha value is -1.86. The Morgan fingerprint density at radius 3 is 1.48 bits per heavy atom. The third kappa shape index (κ3) is 30.8. The summed E-state index contributed by atoms with van der Waals surface area (Å²) >= 11 is 0. The highest BCUT2D eigenvalue weighted by molar-refractivity contribution is 6.18. The van der Waals surface area contributed by atoms with Gasteiger partial charge >= 0.3 is 5.97 Å². The summed E-state index contributed by atoms with van der Waals surface area (Å²) in [4.78, 5) is 27.8. The van der Waals surface area contributed by atoms with E-state index < -0.39 is 0 Å². The number of ether oxygens (including phenoxy) is 2. The van der Waals surface area contributed by atoms with Gasteiger partial charge in [-0.2, -0.15) is 0 Å². The number of hydrogen-bond acceptors (Lipinski definition) is 7. The van der Waals surface area contributed by atoms with E-state index in [-0.39, 0.29) is 17.9 Å². The zero-order chi connectivity index (χ0) is 44.6. The SMILES string of the molecule is C=C1C(=O)C(NCCCN(CCCCCCCC(=O)OC(CCCCCCCC)CCCCCCCC)CCCCCCCC(C)O[C@H](CC)CCCCCCCC)=C1NC. The molecule has 61 heavy (non-hydrogen) atoms. The van der Waals surface area contributed by atoms with E-state index >= 15 is 0 Å². The van der Waals surface area contributed by atoms with Crippen molar-refractivity contribution in [3.63, 3.8) is 0 Å². The molecule has 0 radical (unpaired) electrons. The minimum atomic E-state index is 0.0269. The minimum absolute atomic E-state index is 0.0269. The minimum Gasteiger partial charge on any atom is -0.462 e. The van der Waals surface area contributed by atoms with Crippen LogP contribution < -0.4 is 10.6 Å². The van der Waals surface area contributed by atoms with Gasteiger partial charge in [-0.15, -0.1) is 0 Å². The summed E-state index contributed by atoms with van der Waals surface area (Å²) in [6, 6.07) is 0. The highest BCUT2D eigenvalue weighted by Crippen LogP contribution is 2.24. The van der Waals surface area contributed by atoms with E-state index in [1.165, 1.54) is 180 Å². The first kappa shape index (κ1) is 57.2. The van der Waals surface area contributed by atoms with Crippen LogP contribution in [0.25, 0.3) is 0 Å². The predicted molar refractivity (Wildman–Crippen MR) is 263 cm³/mol. The van der Waals surface area contributed by atoms with Gasteiger partial charge in [-0.3, -0.25) is 9.59 Å². The van der Waals surface area contributed by atoms with Crippen molar-refractivity contribution in [1.29, 1.82) is 0 Å². The second kappa shape index (κ2) is 40.9. The van der Waals surface area contributed by atoms with E-state index in [2.05, 4.69) is 56.7 Å². The van der Waals surface area contributed by atoms with Crippen molar-refractivity contribution in [2.75, 3.05) is 33.2 Å². The van der Waals surface area contributed by atoms with Crippen LogP contribution in [0.2, 0.25) is 0 Å². The molecule has 0 aromatic heterocycles. The molecule has 7 nitrogen and oxygen atoms in total. The number of esters is 1. The number of rotatable bonds is 47. The molecule has 0 saturated carbocycles. The van der Waals surface area contributed by atoms with E-state index in [1.807, 2.05) is 7.05 Å². The third-order valence-corrected chi connectivity index (χ3v) is 13.0. The van der Waals surface area contributed by atoms with Gasteiger partial charge in [0, 0.05) is 25.6 Å². The standard InChI is InChI=1S/C54H103N3O4/c1-8-12-15-18-24-31-39-49(11-4)60-47(5)38-30-23-21-28-35-44-57(46-37-43-56-53-52(55-7)48(6)54(53)59)45-36-29-22-27-34-42-51(58)61-50(40-32-25-19-16-13-9-2)41-33-26-20-17-14-10-3/h47,49-50,55-56H,6,8-46H2,1-5,7H3/t47?,49-/m1/s1. The molecular weight excluding hydrogens is 755 g/mol. The van der Waals surface area contributed by atoms with Crippen LogP contribution in [0.4, 0.5) is 0 Å². The van der Waals surface area contributed by atoms with E-state index in [0.29, 0.717) is 29.9 Å². The van der Waals surface area contributed by atoms with Crippen molar-refractivity contribution >= 4 is 11.8 Å². The molecule has 0 bridgehead atoms. The number of carbonyl (C=O) groups excluding carboxylic acids is 2. The molecule has 0 amide bonds. The summed E-state index contributed by atoms with van der Waals surface area (Å²) in [5, 5.41) is 6.48. The lowest BCUT2D eigenvalue weighted by atomic mass is 9.93. The average Bonchev–Trinajstić information content (AvgIpc) is 3.26. The normalized spacial score (nSPS) is 14.0. The molecule has 1 aliphatic rings. The Morgan fingerprint density at radius 2 is 0.984 bits per heavy atom. The Kier molecular flexibility index (Phi) is 38.3. The number of nitrogens with zero attached hydrogens (tertiary/aromatic N) is 1. The summed E-state index contributed by atoms with van der Waals surface area (Å²) in [5.41, 5.74) is 2.13. The summed E-state index contributed by atoms with van der Waals surface area (Å²) < 4.78 is 12.6. The molecule has 1 aliphatic carbocycles. The van der Waals surface area contributed by atoms with Crippen LogP contribution in [0.5, 0.6) is 0 Å². The van der Waals surface area contributed by atoms with Crippen molar-refractivity contribution in [1.82, 2.24) is 15.5 Å². The molecule has 2 atom stereocenters. The molecule has 1 rings (SSSR count). The van der Waals surface area contributed by atoms with E-state index in [9.17, 15) is 9.59 Å². The van der Waals surface area contributed by atoms with Crippen LogP contribution >= 0.6 is 0 Å². The first-order valence-corrected chi connectivity index (χ1v) is 26.8. The van der Waals surface area contributed by atoms with Crippen molar-refractivity contribution in [2.45, 2.75) is 278 Å². The van der Waals surface area contributed by atoms with Crippen LogP contribution in [0, 0.1) is 0 Å². The molecule has 2 N–H and O–H groups in total. The largest absolute Gasteiger partial charge is 0.462 e. The van der Waals surface area contributed by atoms with Gasteiger partial charge in [-0.25, -0.2) is 0 Å². The molecule has 0 aromatic carbocycles. The van der Waals surface area contributed by atoms with Crippen LogP contribution in [0.3, 0.4) is 0 Å². The van der Waals surface area contributed by atoms with Gasteiger partial charge in [-0.1, -0.05) is 182 Å². The molecule has 0 aromatic rings. The third-order valence-electron chi connectivity index (χ3n) is 13.0. The molecule has 0 spiro atoms. The summed E-state index contributed by atoms with van der Waals surface area (Å²) in [5.74, 6) is 0.0639. The smallest absolute Gasteiger partial charge is 0.306 e. The fourth-order valence-electron chi connectivity index (χ4n) is 8.92. The van der Waals surface area contributed by atoms with E-state index in [1.54, 1.807) is 0 Å². The number of unbranched alkanes of at least 4 members (excludes halogenated alkanes) is 23. The fraction of sp³-hybridized carbons (Fsp3) is 0.889. The number of hydrogen-bond donors (Lipinski definition) is 2. The molecule has 0 heterocycles. The zero-order valence-corrected chi connectivity index (χ0v) is 41.6. The van der Waals surface area contributed by atoms with Gasteiger partial charge < -0.3 is 25.0 Å². The van der Waals surface area contributed by atoms with E-state index in [4.69, 9.17) is 9.47 Å². The number of carbonyl (C=O) groups is 2. The lowest BCUT2D eigenvalue weighted by molar-refractivity contribution is -0.150. The van der Waals surface area contributed by atoms with Crippen molar-refractivity contribution in [3.8, 4) is 0 Å². The quantitative estimate of drug-likeness (QED) is 0.0358. The average molecular weight is 858 g/mol. The predicted octanol–water partition coefficient (Wildman–Crippen LogP) is 14.9. The molecular formula is C54H103N3O4. The van der Waals surface area contributed by atoms with Gasteiger partial charge in [0.2, 0.25) is 5.78 Å². The van der Waals surface area contributed by atoms with Crippen molar-refractivity contribution < 1.29 is 19.1 Å². The molecule has 1 unspecified atom stereocenters. The zero-order valence-electron chi connectivity index (χ0n) is 41.6. The van der Waals surface area contributed by atoms with Crippen LogP contribution in [-0.2, 0) is 19.1 Å². The van der Waals surface area contributed by atoms with Gasteiger partial charge in [0.05, 0.1) is 17.9 Å². The maximum Gasteiger partial charge on any atom is 0.306 e. The fourth-order valence-corrected chi connectivity index (χ4v) is 8.92. The first-order valence-electron chi connectivity index (χ1n) is 26.8. The number of allylic oxidation sites excluding steroid dienone is 2. The lowest BCUT2D eigenvalue weighted by Crippen LogP contribution is -2.38. The van der Waals surface area contributed by atoms with Crippen LogP contribution in [-0.4, -0.2) is 68.2 Å². The molecule has 358 valence electrons. The number of Topliss-reactive ketones (excluding diaryl/α,β-unsaturated/α-hetero) is 1. The maximum atomic E-state index is 12.9. The van der Waals surface area contributed by atoms with Gasteiger partial charge in [-0.05, 0) is 97.2 Å². The monoisotopic (exact) mass is 858 g/mol. The Morgan fingerprint density at radius 1 is 0.557 bits per heavy atom. The summed E-state index contributed by atoms with van der Waals surface area (Å²) in [6.07, 6.45) is 43.6. The highest BCUT2D eigenvalue weighted by Gasteiger charge is 2.30. The van der Waals surface area contributed by atoms with Crippen LogP contribution in [0.15, 0.2) is 23.5 Å². The first-order chi connectivity index (χ1) is 29.8. The summed E-state index contributed by atoms with van der Waals surface area (Å²) in [6.45, 7) is 19.4. The van der Waals surface area contributed by atoms with Gasteiger partial charge in [0.25, 0.3) is 0 Å². The van der Waals surface area contributed by atoms with E-state index in [0.717, 1.165) is 70.4 Å². The Labute approximate surface area is 379 Å². The molecule has 0 fully saturated rings. The molecule has 0 saturated heterocycles. The topological polar surface area (TPSA) is 79.9 Å². The van der Waals surface area contributed by atoms with Crippen molar-refractivity contribution in [2.24, 2.45) is 0 Å². The summed E-state index contributed by atoms with van der Waals surface area (Å²) in [7, 11) is 1.85. The highest BCUT2D eigenvalue weighted by atomic mass is 16.5.